The van der Waals surface area contributed by atoms with E-state index in [0.717, 1.165) is 78.3 Å². The van der Waals surface area contributed by atoms with E-state index in [2.05, 4.69) is 40.9 Å². The van der Waals surface area contributed by atoms with Crippen LogP contribution >= 0.6 is 11.8 Å². The van der Waals surface area contributed by atoms with Crippen LogP contribution in [0.1, 0.15) is 82.9 Å². The van der Waals surface area contributed by atoms with E-state index < -0.39 is 0 Å². The lowest BCUT2D eigenvalue weighted by atomic mass is 9.80. The molecular formula is C30H40N4O2S. The summed E-state index contributed by atoms with van der Waals surface area (Å²) in [5, 5.41) is 7.13. The number of aromatic nitrogens is 2. The second kappa shape index (κ2) is 11.9. The summed E-state index contributed by atoms with van der Waals surface area (Å²) in [5.41, 5.74) is 3.39. The van der Waals surface area contributed by atoms with E-state index in [1.54, 1.807) is 0 Å². The number of benzene rings is 1. The Morgan fingerprint density at radius 1 is 1.05 bits per heavy atom. The van der Waals surface area contributed by atoms with Crippen LogP contribution in [0.5, 0.6) is 0 Å². The van der Waals surface area contributed by atoms with Crippen LogP contribution in [0.4, 0.5) is 5.69 Å². The van der Waals surface area contributed by atoms with E-state index in [1.165, 1.54) is 19.3 Å². The Kier molecular flexibility index (Phi) is 8.38. The van der Waals surface area contributed by atoms with Crippen LogP contribution in [0.25, 0.3) is 11.0 Å². The van der Waals surface area contributed by atoms with Crippen molar-refractivity contribution in [2.45, 2.75) is 88.3 Å². The standard InChI is InChI=1S/C30H40N4O2S/c1-19-6-3-4-9-25(19)30(36)32-23-14-17-26-27(18-23)34-28(33-26)20-7-5-8-21(11-10-20)29(35)31-22-12-15-24(37-2)16-13-22/h8,10-11,14,17-20,22,24-25H,3-7,9,12-13,15-16H2,1-2H3,(H,31,35)(H,32,36)(H,33,34). The Morgan fingerprint density at radius 2 is 1.86 bits per heavy atom. The summed E-state index contributed by atoms with van der Waals surface area (Å²) in [4.78, 5) is 34.1. The molecule has 0 bridgehead atoms. The van der Waals surface area contributed by atoms with E-state index in [0.29, 0.717) is 5.92 Å². The molecular weight excluding hydrogens is 480 g/mol. The molecule has 3 atom stereocenters. The van der Waals surface area contributed by atoms with Crippen molar-refractivity contribution >= 4 is 40.3 Å². The number of rotatable bonds is 6. The molecule has 3 unspecified atom stereocenters. The molecule has 3 N–H and O–H groups in total. The minimum atomic E-state index is 0.0433. The molecule has 198 valence electrons. The third-order valence-electron chi connectivity index (χ3n) is 8.52. The van der Waals surface area contributed by atoms with Gasteiger partial charge in [0.15, 0.2) is 0 Å². The summed E-state index contributed by atoms with van der Waals surface area (Å²) in [7, 11) is 0. The van der Waals surface area contributed by atoms with Gasteiger partial charge in [-0.3, -0.25) is 9.59 Å². The minimum Gasteiger partial charge on any atom is -0.349 e. The molecule has 0 radical (unpaired) electrons. The molecule has 1 aromatic heterocycles. The van der Waals surface area contributed by atoms with Gasteiger partial charge in [0.1, 0.15) is 5.82 Å². The molecule has 0 spiro atoms. The number of carbonyl (C=O) groups is 2. The number of hydrogen-bond donors (Lipinski definition) is 3. The van der Waals surface area contributed by atoms with Gasteiger partial charge < -0.3 is 15.6 Å². The van der Waals surface area contributed by atoms with Gasteiger partial charge in [0.2, 0.25) is 5.91 Å². The highest BCUT2D eigenvalue weighted by atomic mass is 32.2. The van der Waals surface area contributed by atoms with Crippen molar-refractivity contribution in [3.8, 4) is 0 Å². The summed E-state index contributed by atoms with van der Waals surface area (Å²) in [6.45, 7) is 2.19. The lowest BCUT2D eigenvalue weighted by molar-refractivity contribution is -0.122. The quantitative estimate of drug-likeness (QED) is 0.407. The van der Waals surface area contributed by atoms with E-state index in [9.17, 15) is 9.59 Å². The second-order valence-electron chi connectivity index (χ2n) is 11.1. The smallest absolute Gasteiger partial charge is 0.251 e. The fourth-order valence-corrected chi connectivity index (χ4v) is 6.88. The fraction of sp³-hybridized carbons (Fsp3) is 0.567. The zero-order chi connectivity index (χ0) is 25.8. The number of hydrogen-bond acceptors (Lipinski definition) is 4. The van der Waals surface area contributed by atoms with Gasteiger partial charge in [0, 0.05) is 34.4 Å². The molecule has 1 heterocycles. The third kappa shape index (κ3) is 6.31. The largest absolute Gasteiger partial charge is 0.349 e. The maximum atomic E-state index is 12.9. The summed E-state index contributed by atoms with van der Waals surface area (Å²) in [6.07, 6.45) is 19.0. The van der Waals surface area contributed by atoms with Gasteiger partial charge in [-0.2, -0.15) is 11.8 Å². The number of nitrogens with zero attached hydrogens (tertiary/aromatic N) is 1. The van der Waals surface area contributed by atoms with Crippen LogP contribution in [0, 0.1) is 11.8 Å². The lowest BCUT2D eigenvalue weighted by Gasteiger charge is -2.28. The van der Waals surface area contributed by atoms with Crippen molar-refractivity contribution in [1.29, 1.82) is 0 Å². The van der Waals surface area contributed by atoms with E-state index >= 15 is 0 Å². The number of allylic oxidation sites excluding steroid dienone is 2. The van der Waals surface area contributed by atoms with Gasteiger partial charge in [-0.1, -0.05) is 38.0 Å². The van der Waals surface area contributed by atoms with Crippen molar-refractivity contribution in [2.75, 3.05) is 11.6 Å². The predicted octanol–water partition coefficient (Wildman–Crippen LogP) is 6.48. The van der Waals surface area contributed by atoms with Gasteiger partial charge >= 0.3 is 0 Å². The highest BCUT2D eigenvalue weighted by Crippen LogP contribution is 2.32. The normalized spacial score (nSPS) is 28.4. The highest BCUT2D eigenvalue weighted by molar-refractivity contribution is 7.99. The monoisotopic (exact) mass is 520 g/mol. The van der Waals surface area contributed by atoms with Crippen molar-refractivity contribution in [2.24, 2.45) is 11.8 Å². The first-order valence-electron chi connectivity index (χ1n) is 14.0. The van der Waals surface area contributed by atoms with Crippen LogP contribution in [0.15, 0.2) is 42.0 Å². The molecule has 2 saturated carbocycles. The molecule has 2 amide bonds. The van der Waals surface area contributed by atoms with Crippen molar-refractivity contribution in [3.05, 3.63) is 47.8 Å². The van der Waals surface area contributed by atoms with Gasteiger partial charge in [-0.25, -0.2) is 4.98 Å². The molecule has 3 aliphatic rings. The van der Waals surface area contributed by atoms with Crippen LogP contribution < -0.4 is 10.6 Å². The number of carbonyl (C=O) groups excluding carboxylic acids is 2. The third-order valence-corrected chi connectivity index (χ3v) is 9.66. The van der Waals surface area contributed by atoms with Crippen LogP contribution in [-0.4, -0.2) is 39.3 Å². The van der Waals surface area contributed by atoms with Gasteiger partial charge in [0.25, 0.3) is 5.91 Å². The number of imidazole rings is 1. The Hall–Kier alpha value is -2.54. The molecule has 2 aromatic rings. The number of amides is 2. The molecule has 3 aliphatic carbocycles. The molecule has 7 heteroatoms. The fourth-order valence-electron chi connectivity index (χ4n) is 6.13. The first kappa shape index (κ1) is 26.1. The Bertz CT molecular complexity index is 1180. The summed E-state index contributed by atoms with van der Waals surface area (Å²) in [6, 6.07) is 6.19. The van der Waals surface area contributed by atoms with E-state index in [4.69, 9.17) is 4.98 Å². The van der Waals surface area contributed by atoms with Crippen molar-refractivity contribution in [1.82, 2.24) is 15.3 Å². The molecule has 0 aliphatic heterocycles. The van der Waals surface area contributed by atoms with Crippen molar-refractivity contribution in [3.63, 3.8) is 0 Å². The number of H-pyrrole nitrogens is 1. The van der Waals surface area contributed by atoms with E-state index in [-0.39, 0.29) is 29.7 Å². The predicted molar refractivity (Wildman–Crippen MR) is 153 cm³/mol. The second-order valence-corrected chi connectivity index (χ2v) is 12.2. The number of anilines is 1. The number of aromatic amines is 1. The van der Waals surface area contributed by atoms with Crippen LogP contribution in [0.3, 0.4) is 0 Å². The molecule has 37 heavy (non-hydrogen) atoms. The number of fused-ring (bicyclic) bond motifs is 1. The first-order valence-corrected chi connectivity index (χ1v) is 15.3. The zero-order valence-corrected chi connectivity index (χ0v) is 22.9. The van der Waals surface area contributed by atoms with Crippen LogP contribution in [-0.2, 0) is 9.59 Å². The average molecular weight is 521 g/mol. The van der Waals surface area contributed by atoms with Crippen molar-refractivity contribution < 1.29 is 9.59 Å². The van der Waals surface area contributed by atoms with Gasteiger partial charge in [-0.15, -0.1) is 0 Å². The summed E-state index contributed by atoms with van der Waals surface area (Å²) < 4.78 is 0. The SMILES string of the molecule is CSC1CCC(NC(=O)C2=CCCC(c3nc4ccc(NC(=O)C5CCCCC5C)cc4[nH]3)C=C2)CC1. The molecule has 1 aromatic carbocycles. The summed E-state index contributed by atoms with van der Waals surface area (Å²) in [5.74, 6) is 1.73. The topological polar surface area (TPSA) is 86.9 Å². The lowest BCUT2D eigenvalue weighted by Crippen LogP contribution is -2.38. The Balaban J connectivity index is 1.21. The Morgan fingerprint density at radius 3 is 2.65 bits per heavy atom. The Labute approximate surface area is 224 Å². The minimum absolute atomic E-state index is 0.0433. The molecule has 0 saturated heterocycles. The van der Waals surface area contributed by atoms with Gasteiger partial charge in [0.05, 0.1) is 11.0 Å². The maximum absolute atomic E-state index is 12.9. The maximum Gasteiger partial charge on any atom is 0.251 e. The van der Waals surface area contributed by atoms with Gasteiger partial charge in [-0.05, 0) is 81.7 Å². The average Bonchev–Trinajstić information content (AvgIpc) is 3.16. The number of thioether (sulfide) groups is 1. The van der Waals surface area contributed by atoms with E-state index in [1.807, 2.05) is 36.0 Å². The molecule has 2 fully saturated rings. The van der Waals surface area contributed by atoms with Crippen LogP contribution in [0.2, 0.25) is 0 Å². The molecule has 6 nitrogen and oxygen atoms in total. The summed E-state index contributed by atoms with van der Waals surface area (Å²) >= 11 is 1.94. The zero-order valence-electron chi connectivity index (χ0n) is 22.1. The molecule has 5 rings (SSSR count). The number of nitrogens with one attached hydrogen (secondary N) is 3. The highest BCUT2D eigenvalue weighted by Gasteiger charge is 2.28. The first-order chi connectivity index (χ1) is 18.0.